The number of hydrogen-bond acceptors (Lipinski definition) is 8. The van der Waals surface area contributed by atoms with Crippen LogP contribution in [0.4, 0.5) is 5.69 Å². The Labute approximate surface area is 119 Å². The topological polar surface area (TPSA) is 143 Å². The molecule has 0 saturated carbocycles. The van der Waals surface area contributed by atoms with Gasteiger partial charge in [0.1, 0.15) is 24.4 Å². The van der Waals surface area contributed by atoms with Crippen LogP contribution in [0.1, 0.15) is 0 Å². The fourth-order valence-corrected chi connectivity index (χ4v) is 2.00. The molecule has 9 heteroatoms. The quantitative estimate of drug-likeness (QED) is 0.400. The Balaban J connectivity index is 2.20. The smallest absolute Gasteiger partial charge is 0.311 e. The summed E-state index contributed by atoms with van der Waals surface area (Å²) >= 11 is 0. The summed E-state index contributed by atoms with van der Waals surface area (Å²) in [6, 6.07) is 5.45. The Hall–Kier alpha value is -1.78. The van der Waals surface area contributed by atoms with Gasteiger partial charge in [0.05, 0.1) is 11.5 Å². The van der Waals surface area contributed by atoms with E-state index in [0.717, 1.165) is 0 Å². The maximum Gasteiger partial charge on any atom is 0.311 e. The molecule has 1 aromatic carbocycles. The molecule has 0 aromatic heterocycles. The molecule has 0 aliphatic carbocycles. The number of aliphatic hydroxyl groups excluding tert-OH is 4. The zero-order chi connectivity index (χ0) is 15.6. The van der Waals surface area contributed by atoms with Crippen molar-refractivity contribution in [3.8, 4) is 5.75 Å². The first-order valence-corrected chi connectivity index (χ1v) is 6.16. The lowest BCUT2D eigenvalue weighted by Gasteiger charge is -2.39. The Morgan fingerprint density at radius 2 is 1.86 bits per heavy atom. The molecule has 0 amide bonds. The van der Waals surface area contributed by atoms with Gasteiger partial charge in [0, 0.05) is 6.07 Å². The highest BCUT2D eigenvalue weighted by atomic mass is 16.7. The number of ether oxygens (including phenoxy) is 2. The fourth-order valence-electron chi connectivity index (χ4n) is 2.00. The van der Waals surface area contributed by atoms with Gasteiger partial charge in [-0.3, -0.25) is 10.1 Å². The largest absolute Gasteiger partial charge is 0.455 e. The molecule has 0 spiro atoms. The summed E-state index contributed by atoms with van der Waals surface area (Å²) in [6.07, 6.45) is -7.35. The SMILES string of the molecule is O=[N+]([O-])c1ccccc1O[C@@H]1O[C@H](CO)[C@@H](O)[C@@H](O)[C@@H]1O. The second-order valence-electron chi connectivity index (χ2n) is 4.54. The van der Waals surface area contributed by atoms with E-state index >= 15 is 0 Å². The second kappa shape index (κ2) is 6.33. The first-order chi connectivity index (χ1) is 9.95. The highest BCUT2D eigenvalue weighted by molar-refractivity contribution is 5.45. The molecule has 5 atom stereocenters. The van der Waals surface area contributed by atoms with Crippen molar-refractivity contribution in [2.45, 2.75) is 30.7 Å². The molecule has 1 saturated heterocycles. The number of nitro benzene ring substituents is 1. The van der Waals surface area contributed by atoms with E-state index in [0.29, 0.717) is 0 Å². The number of benzene rings is 1. The van der Waals surface area contributed by atoms with Crippen LogP contribution in [0, 0.1) is 10.1 Å². The van der Waals surface area contributed by atoms with Crippen molar-refractivity contribution in [2.24, 2.45) is 0 Å². The minimum absolute atomic E-state index is 0.160. The van der Waals surface area contributed by atoms with Crippen LogP contribution in [0.2, 0.25) is 0 Å². The van der Waals surface area contributed by atoms with Gasteiger partial charge < -0.3 is 29.9 Å². The zero-order valence-corrected chi connectivity index (χ0v) is 10.8. The van der Waals surface area contributed by atoms with Crippen molar-refractivity contribution in [3.63, 3.8) is 0 Å². The molecule has 1 aliphatic rings. The van der Waals surface area contributed by atoms with Crippen LogP contribution >= 0.6 is 0 Å². The lowest BCUT2D eigenvalue weighted by atomic mass is 9.99. The number of rotatable bonds is 4. The zero-order valence-electron chi connectivity index (χ0n) is 10.8. The first kappa shape index (κ1) is 15.6. The number of nitro groups is 1. The number of hydrogen-bond donors (Lipinski definition) is 4. The standard InChI is InChI=1S/C12H15NO8/c14-5-8-9(15)10(16)11(17)12(21-8)20-7-4-2-1-3-6(7)13(18)19/h1-4,8-12,14-17H,5H2/t8-,9-,10-,11+,12-/m1/s1. The lowest BCUT2D eigenvalue weighted by Crippen LogP contribution is -2.60. The van der Waals surface area contributed by atoms with E-state index in [4.69, 9.17) is 14.6 Å². The predicted molar refractivity (Wildman–Crippen MR) is 67.5 cm³/mol. The highest BCUT2D eigenvalue weighted by Crippen LogP contribution is 2.30. The lowest BCUT2D eigenvalue weighted by molar-refractivity contribution is -0.387. The van der Waals surface area contributed by atoms with E-state index in [1.165, 1.54) is 24.3 Å². The van der Waals surface area contributed by atoms with Crippen LogP contribution < -0.4 is 4.74 Å². The molecule has 1 heterocycles. The minimum atomic E-state index is -1.62. The van der Waals surface area contributed by atoms with Crippen LogP contribution in [0.15, 0.2) is 24.3 Å². The van der Waals surface area contributed by atoms with Gasteiger partial charge in [-0.05, 0) is 6.07 Å². The summed E-state index contributed by atoms with van der Waals surface area (Å²) in [6.45, 7) is -0.609. The van der Waals surface area contributed by atoms with Crippen molar-refractivity contribution < 1.29 is 34.8 Å². The molecule has 0 radical (unpaired) electrons. The maximum absolute atomic E-state index is 10.9. The molecule has 4 N–H and O–H groups in total. The molecule has 0 unspecified atom stereocenters. The Kier molecular flexibility index (Phi) is 4.70. The summed E-state index contributed by atoms with van der Waals surface area (Å²) < 4.78 is 10.3. The summed E-state index contributed by atoms with van der Waals surface area (Å²) in [4.78, 5) is 10.2. The third-order valence-corrected chi connectivity index (χ3v) is 3.15. The molecule has 116 valence electrons. The Morgan fingerprint density at radius 3 is 2.48 bits per heavy atom. The van der Waals surface area contributed by atoms with Crippen molar-refractivity contribution >= 4 is 5.69 Å². The second-order valence-corrected chi connectivity index (χ2v) is 4.54. The summed E-state index contributed by atoms with van der Waals surface area (Å²) in [7, 11) is 0. The third kappa shape index (κ3) is 3.12. The van der Waals surface area contributed by atoms with Gasteiger partial charge in [-0.2, -0.15) is 0 Å². The fraction of sp³-hybridized carbons (Fsp3) is 0.500. The van der Waals surface area contributed by atoms with Crippen LogP contribution in [-0.4, -0.2) is 62.7 Å². The Morgan fingerprint density at radius 1 is 1.19 bits per heavy atom. The van der Waals surface area contributed by atoms with Crippen LogP contribution in [0.3, 0.4) is 0 Å². The Bertz CT molecular complexity index is 508. The summed E-state index contributed by atoms with van der Waals surface area (Å²) in [5.41, 5.74) is -0.338. The van der Waals surface area contributed by atoms with Crippen molar-refractivity contribution in [2.75, 3.05) is 6.61 Å². The molecular weight excluding hydrogens is 286 g/mol. The van der Waals surface area contributed by atoms with Crippen LogP contribution in [0.5, 0.6) is 5.75 Å². The van der Waals surface area contributed by atoms with E-state index in [9.17, 15) is 25.4 Å². The predicted octanol–water partition coefficient (Wildman–Crippen LogP) is -1.23. The van der Waals surface area contributed by atoms with Gasteiger partial charge in [-0.1, -0.05) is 12.1 Å². The van der Waals surface area contributed by atoms with E-state index in [2.05, 4.69) is 0 Å². The minimum Gasteiger partial charge on any atom is -0.455 e. The van der Waals surface area contributed by atoms with E-state index in [1.807, 2.05) is 0 Å². The van der Waals surface area contributed by atoms with Gasteiger partial charge in [0.15, 0.2) is 5.75 Å². The van der Waals surface area contributed by atoms with Crippen molar-refractivity contribution in [3.05, 3.63) is 34.4 Å². The molecule has 0 bridgehead atoms. The normalized spacial score (nSPS) is 32.7. The highest BCUT2D eigenvalue weighted by Gasteiger charge is 2.45. The van der Waals surface area contributed by atoms with E-state index in [-0.39, 0.29) is 11.4 Å². The summed E-state index contributed by atoms with van der Waals surface area (Å²) in [5.74, 6) is -0.160. The van der Waals surface area contributed by atoms with Crippen LogP contribution in [-0.2, 0) is 4.74 Å². The van der Waals surface area contributed by atoms with Gasteiger partial charge in [0.25, 0.3) is 0 Å². The van der Waals surface area contributed by atoms with Crippen molar-refractivity contribution in [1.29, 1.82) is 0 Å². The average molecular weight is 301 g/mol. The third-order valence-electron chi connectivity index (χ3n) is 3.15. The van der Waals surface area contributed by atoms with Gasteiger partial charge in [-0.15, -0.1) is 0 Å². The summed E-state index contributed by atoms with van der Waals surface area (Å²) in [5, 5.41) is 49.0. The van der Waals surface area contributed by atoms with Gasteiger partial charge >= 0.3 is 5.69 Å². The number of nitrogens with zero attached hydrogens (tertiary/aromatic N) is 1. The molecule has 1 aliphatic heterocycles. The number of para-hydroxylation sites is 2. The van der Waals surface area contributed by atoms with Gasteiger partial charge in [-0.25, -0.2) is 0 Å². The molecule has 1 aromatic rings. The molecule has 1 fully saturated rings. The first-order valence-electron chi connectivity index (χ1n) is 6.16. The van der Waals surface area contributed by atoms with E-state index < -0.39 is 42.2 Å². The van der Waals surface area contributed by atoms with Crippen LogP contribution in [0.25, 0.3) is 0 Å². The number of aliphatic hydroxyl groups is 4. The average Bonchev–Trinajstić information content (AvgIpc) is 2.48. The molecular formula is C12H15NO8. The maximum atomic E-state index is 10.9. The van der Waals surface area contributed by atoms with Gasteiger partial charge in [0.2, 0.25) is 6.29 Å². The van der Waals surface area contributed by atoms with E-state index in [1.54, 1.807) is 0 Å². The molecule has 9 nitrogen and oxygen atoms in total. The monoisotopic (exact) mass is 301 g/mol. The molecule has 2 rings (SSSR count). The molecule has 21 heavy (non-hydrogen) atoms. The van der Waals surface area contributed by atoms with Crippen molar-refractivity contribution in [1.82, 2.24) is 0 Å².